The Morgan fingerprint density at radius 1 is 0.947 bits per heavy atom. The van der Waals surface area contributed by atoms with Gasteiger partial charge in [-0.25, -0.2) is 0 Å². The summed E-state index contributed by atoms with van der Waals surface area (Å²) in [6.45, 7) is 5.55. The average molecular weight is 265 g/mol. The highest BCUT2D eigenvalue weighted by molar-refractivity contribution is 5.78. The molecule has 0 atom stereocenters. The van der Waals surface area contributed by atoms with Crippen LogP contribution in [0.2, 0.25) is 0 Å². The number of rotatable bonds is 4. The maximum atomic E-state index is 12.2. The molecule has 2 aliphatic rings. The lowest BCUT2D eigenvalue weighted by atomic mass is 9.80. The first-order valence-corrected chi connectivity index (χ1v) is 8.46. The van der Waals surface area contributed by atoms with Crippen molar-refractivity contribution < 1.29 is 4.79 Å². The fourth-order valence-electron chi connectivity index (χ4n) is 3.76. The van der Waals surface area contributed by atoms with E-state index in [1.165, 1.54) is 44.9 Å². The number of carbonyl (C=O) groups excluding carboxylic acids is 1. The molecule has 2 rings (SSSR count). The van der Waals surface area contributed by atoms with Gasteiger partial charge in [0.1, 0.15) is 0 Å². The first-order valence-electron chi connectivity index (χ1n) is 8.46. The quantitative estimate of drug-likeness (QED) is 0.813. The maximum absolute atomic E-state index is 12.2. The second-order valence-electron chi connectivity index (χ2n) is 7.00. The molecule has 110 valence electrons. The van der Waals surface area contributed by atoms with Gasteiger partial charge in [0.15, 0.2) is 0 Å². The predicted octanol–water partition coefficient (Wildman–Crippen LogP) is 4.15. The zero-order valence-electron chi connectivity index (χ0n) is 12.8. The smallest absolute Gasteiger partial charge is 0.223 e. The molecule has 0 aliphatic heterocycles. The van der Waals surface area contributed by atoms with Gasteiger partial charge in [-0.05, 0) is 56.3 Å². The zero-order valence-corrected chi connectivity index (χ0v) is 12.8. The molecule has 0 bridgehead atoms. The van der Waals surface area contributed by atoms with E-state index in [1.54, 1.807) is 0 Å². The van der Waals surface area contributed by atoms with Crippen molar-refractivity contribution >= 4 is 5.91 Å². The summed E-state index contributed by atoms with van der Waals surface area (Å²) in [7, 11) is 0. The van der Waals surface area contributed by atoms with Gasteiger partial charge in [-0.3, -0.25) is 4.79 Å². The van der Waals surface area contributed by atoms with Crippen molar-refractivity contribution in [1.82, 2.24) is 5.32 Å². The Hall–Kier alpha value is -0.530. The van der Waals surface area contributed by atoms with Crippen molar-refractivity contribution in [3.63, 3.8) is 0 Å². The highest BCUT2D eigenvalue weighted by atomic mass is 16.1. The Kier molecular flexibility index (Phi) is 5.72. The van der Waals surface area contributed by atoms with E-state index in [4.69, 9.17) is 0 Å². The van der Waals surface area contributed by atoms with Crippen molar-refractivity contribution in [2.75, 3.05) is 6.54 Å². The third-order valence-electron chi connectivity index (χ3n) is 5.50. The van der Waals surface area contributed by atoms with Gasteiger partial charge in [-0.15, -0.1) is 0 Å². The molecule has 0 aromatic carbocycles. The van der Waals surface area contributed by atoms with Crippen LogP contribution in [0, 0.1) is 23.7 Å². The molecular formula is C17H31NO. The van der Waals surface area contributed by atoms with E-state index in [1.807, 2.05) is 0 Å². The third kappa shape index (κ3) is 4.50. The van der Waals surface area contributed by atoms with E-state index in [9.17, 15) is 4.79 Å². The highest BCUT2D eigenvalue weighted by Gasteiger charge is 2.26. The number of nitrogens with one attached hydrogen (secondary N) is 1. The molecule has 19 heavy (non-hydrogen) atoms. The monoisotopic (exact) mass is 265 g/mol. The minimum atomic E-state index is 0.310. The number of hydrogen-bond donors (Lipinski definition) is 1. The molecule has 1 amide bonds. The van der Waals surface area contributed by atoms with Gasteiger partial charge in [0, 0.05) is 12.5 Å². The molecule has 2 heteroatoms. The van der Waals surface area contributed by atoms with E-state index in [2.05, 4.69) is 19.2 Å². The first kappa shape index (κ1) is 14.9. The van der Waals surface area contributed by atoms with Crippen LogP contribution in [0.3, 0.4) is 0 Å². The second kappa shape index (κ2) is 7.31. The summed E-state index contributed by atoms with van der Waals surface area (Å²) < 4.78 is 0. The standard InChI is InChI=1S/C17H31NO/c1-3-14-8-10-16(11-9-14)17(19)18-12-15-6-4-13(2)5-7-15/h13-16H,3-12H2,1-2H3,(H,18,19). The number of amides is 1. The van der Waals surface area contributed by atoms with Gasteiger partial charge in [0.25, 0.3) is 0 Å². The zero-order chi connectivity index (χ0) is 13.7. The Labute approximate surface area is 118 Å². The van der Waals surface area contributed by atoms with Crippen LogP contribution in [0.4, 0.5) is 0 Å². The fourth-order valence-corrected chi connectivity index (χ4v) is 3.76. The van der Waals surface area contributed by atoms with Gasteiger partial charge in [0.2, 0.25) is 5.91 Å². The Balaban J connectivity index is 1.64. The van der Waals surface area contributed by atoms with Crippen LogP contribution in [-0.2, 0) is 4.79 Å². The average Bonchev–Trinajstić information content (AvgIpc) is 2.46. The molecule has 0 aromatic heterocycles. The molecule has 2 fully saturated rings. The maximum Gasteiger partial charge on any atom is 0.223 e. The van der Waals surface area contributed by atoms with E-state index in [-0.39, 0.29) is 0 Å². The Morgan fingerprint density at radius 3 is 2.11 bits per heavy atom. The Morgan fingerprint density at radius 2 is 1.53 bits per heavy atom. The molecule has 2 saturated carbocycles. The summed E-state index contributed by atoms with van der Waals surface area (Å²) in [6.07, 6.45) is 11.4. The molecule has 0 saturated heterocycles. The molecule has 2 aliphatic carbocycles. The summed E-state index contributed by atoms with van der Waals surface area (Å²) >= 11 is 0. The summed E-state index contributed by atoms with van der Waals surface area (Å²) in [5.74, 6) is 3.17. The lowest BCUT2D eigenvalue weighted by Gasteiger charge is -2.29. The Bertz CT molecular complexity index is 273. The molecular weight excluding hydrogens is 234 g/mol. The van der Waals surface area contributed by atoms with Gasteiger partial charge in [0.05, 0.1) is 0 Å². The molecule has 1 N–H and O–H groups in total. The van der Waals surface area contributed by atoms with Crippen molar-refractivity contribution in [1.29, 1.82) is 0 Å². The minimum Gasteiger partial charge on any atom is -0.356 e. The lowest BCUT2D eigenvalue weighted by Crippen LogP contribution is -2.36. The van der Waals surface area contributed by atoms with Crippen molar-refractivity contribution in [3.05, 3.63) is 0 Å². The van der Waals surface area contributed by atoms with Crippen LogP contribution in [0.15, 0.2) is 0 Å². The highest BCUT2D eigenvalue weighted by Crippen LogP contribution is 2.31. The van der Waals surface area contributed by atoms with E-state index >= 15 is 0 Å². The first-order chi connectivity index (χ1) is 9.19. The molecule has 2 nitrogen and oxygen atoms in total. The van der Waals surface area contributed by atoms with Gasteiger partial charge in [-0.1, -0.05) is 33.1 Å². The van der Waals surface area contributed by atoms with Gasteiger partial charge < -0.3 is 5.32 Å². The van der Waals surface area contributed by atoms with Crippen LogP contribution in [0.5, 0.6) is 0 Å². The SMILES string of the molecule is CCC1CCC(C(=O)NCC2CCC(C)CC2)CC1. The van der Waals surface area contributed by atoms with Crippen LogP contribution >= 0.6 is 0 Å². The number of hydrogen-bond acceptors (Lipinski definition) is 1. The molecule has 0 heterocycles. The van der Waals surface area contributed by atoms with Gasteiger partial charge >= 0.3 is 0 Å². The summed E-state index contributed by atoms with van der Waals surface area (Å²) in [5.41, 5.74) is 0. The van der Waals surface area contributed by atoms with E-state index < -0.39 is 0 Å². The van der Waals surface area contributed by atoms with Crippen molar-refractivity contribution in [3.8, 4) is 0 Å². The van der Waals surface area contributed by atoms with E-state index in [0.29, 0.717) is 11.8 Å². The molecule has 0 aromatic rings. The van der Waals surface area contributed by atoms with Crippen molar-refractivity contribution in [2.24, 2.45) is 23.7 Å². The van der Waals surface area contributed by atoms with E-state index in [0.717, 1.165) is 37.1 Å². The van der Waals surface area contributed by atoms with Crippen LogP contribution < -0.4 is 5.32 Å². The largest absolute Gasteiger partial charge is 0.356 e. The fraction of sp³-hybridized carbons (Fsp3) is 0.941. The van der Waals surface area contributed by atoms with Crippen LogP contribution in [0.25, 0.3) is 0 Å². The molecule has 0 radical (unpaired) electrons. The summed E-state index contributed by atoms with van der Waals surface area (Å²) in [6, 6.07) is 0. The summed E-state index contributed by atoms with van der Waals surface area (Å²) in [5, 5.41) is 3.23. The van der Waals surface area contributed by atoms with Crippen LogP contribution in [0.1, 0.15) is 71.6 Å². The minimum absolute atomic E-state index is 0.310. The third-order valence-corrected chi connectivity index (χ3v) is 5.50. The van der Waals surface area contributed by atoms with Crippen LogP contribution in [-0.4, -0.2) is 12.5 Å². The molecule has 0 spiro atoms. The number of carbonyl (C=O) groups is 1. The normalized spacial score (nSPS) is 35.9. The van der Waals surface area contributed by atoms with Crippen molar-refractivity contribution in [2.45, 2.75) is 71.6 Å². The second-order valence-corrected chi connectivity index (χ2v) is 7.00. The summed E-state index contributed by atoms with van der Waals surface area (Å²) in [4.78, 5) is 12.2. The lowest BCUT2D eigenvalue weighted by molar-refractivity contribution is -0.126. The molecule has 0 unspecified atom stereocenters. The topological polar surface area (TPSA) is 29.1 Å². The predicted molar refractivity (Wildman–Crippen MR) is 79.9 cm³/mol. The van der Waals surface area contributed by atoms with Gasteiger partial charge in [-0.2, -0.15) is 0 Å².